The van der Waals surface area contributed by atoms with Crippen LogP contribution in [0.1, 0.15) is 37.8 Å². The number of amides is 1. The minimum atomic E-state index is -0.292. The Labute approximate surface area is 189 Å². The quantitative estimate of drug-likeness (QED) is 0.465. The summed E-state index contributed by atoms with van der Waals surface area (Å²) in [6.45, 7) is 6.86. The van der Waals surface area contributed by atoms with Crippen LogP contribution < -0.4 is 20.1 Å². The normalized spacial score (nSPS) is 13.3. The summed E-state index contributed by atoms with van der Waals surface area (Å²) in [5.41, 5.74) is 3.21. The highest BCUT2D eigenvalue weighted by Gasteiger charge is 2.18. The molecule has 0 saturated heterocycles. The molecule has 7 nitrogen and oxygen atoms in total. The third-order valence-corrected chi connectivity index (χ3v) is 6.81. The molecule has 1 aliphatic rings. The maximum absolute atomic E-state index is 12.5. The Kier molecular flexibility index (Phi) is 6.62. The van der Waals surface area contributed by atoms with Gasteiger partial charge in [0, 0.05) is 12.2 Å². The Morgan fingerprint density at radius 3 is 2.65 bits per heavy atom. The molecule has 1 aliphatic heterocycles. The highest BCUT2D eigenvalue weighted by Crippen LogP contribution is 2.33. The van der Waals surface area contributed by atoms with Crippen molar-refractivity contribution < 1.29 is 14.3 Å². The van der Waals surface area contributed by atoms with Gasteiger partial charge in [-0.2, -0.15) is 0 Å². The number of aromatic nitrogens is 2. The van der Waals surface area contributed by atoms with Crippen molar-refractivity contribution in [3.8, 4) is 11.5 Å². The lowest BCUT2D eigenvalue weighted by molar-refractivity contribution is -0.120. The minimum absolute atomic E-state index is 0.0587. The van der Waals surface area contributed by atoms with Gasteiger partial charge in [0.05, 0.1) is 5.25 Å². The van der Waals surface area contributed by atoms with Gasteiger partial charge in [-0.1, -0.05) is 55.1 Å². The van der Waals surface area contributed by atoms with Gasteiger partial charge in [-0.15, -0.1) is 10.2 Å². The molecule has 0 bridgehead atoms. The van der Waals surface area contributed by atoms with Gasteiger partial charge in [0.15, 0.2) is 15.8 Å². The fourth-order valence-electron chi connectivity index (χ4n) is 2.97. The van der Waals surface area contributed by atoms with E-state index in [0.29, 0.717) is 23.3 Å². The zero-order chi connectivity index (χ0) is 21.8. The van der Waals surface area contributed by atoms with Gasteiger partial charge in [0.25, 0.3) is 0 Å². The lowest BCUT2D eigenvalue weighted by Crippen LogP contribution is -2.30. The first kappa shape index (κ1) is 21.5. The van der Waals surface area contributed by atoms with Gasteiger partial charge in [0.1, 0.15) is 0 Å². The van der Waals surface area contributed by atoms with Crippen LogP contribution in [-0.2, 0) is 11.3 Å². The van der Waals surface area contributed by atoms with E-state index in [1.54, 1.807) is 0 Å². The second-order valence-corrected chi connectivity index (χ2v) is 10.0. The van der Waals surface area contributed by atoms with Crippen molar-refractivity contribution in [2.75, 3.05) is 12.1 Å². The number of carbonyl (C=O) groups is 1. The molecule has 1 aromatic heterocycles. The van der Waals surface area contributed by atoms with Crippen LogP contribution in [0.4, 0.5) is 10.8 Å². The molecule has 31 heavy (non-hydrogen) atoms. The van der Waals surface area contributed by atoms with Crippen molar-refractivity contribution in [3.63, 3.8) is 0 Å². The molecule has 1 amide bonds. The Hall–Kier alpha value is -2.78. The summed E-state index contributed by atoms with van der Waals surface area (Å²) in [5.74, 6) is 1.88. The number of nitrogens with zero attached hydrogens (tertiary/aromatic N) is 2. The predicted molar refractivity (Wildman–Crippen MR) is 123 cm³/mol. The average Bonchev–Trinajstić information content (AvgIpc) is 3.41. The summed E-state index contributed by atoms with van der Waals surface area (Å²) >= 11 is 2.82. The summed E-state index contributed by atoms with van der Waals surface area (Å²) in [7, 11) is 0. The fourth-order valence-corrected chi connectivity index (χ4v) is 4.91. The van der Waals surface area contributed by atoms with Gasteiger partial charge in [-0.05, 0) is 48.2 Å². The summed E-state index contributed by atoms with van der Waals surface area (Å²) in [4.78, 5) is 12.5. The number of hydrogen-bond acceptors (Lipinski definition) is 8. The molecule has 1 atom stereocenters. The average molecular weight is 457 g/mol. The molecule has 2 N–H and O–H groups in total. The fraction of sp³-hybridized carbons (Fsp3) is 0.318. The number of nitrogens with one attached hydrogen (secondary N) is 2. The summed E-state index contributed by atoms with van der Waals surface area (Å²) in [6, 6.07) is 13.9. The van der Waals surface area contributed by atoms with Gasteiger partial charge in [0.2, 0.25) is 17.8 Å². The van der Waals surface area contributed by atoms with E-state index in [1.165, 1.54) is 28.7 Å². The van der Waals surface area contributed by atoms with Gasteiger partial charge in [-0.3, -0.25) is 4.79 Å². The van der Waals surface area contributed by atoms with E-state index in [2.05, 4.69) is 46.8 Å². The molecule has 1 unspecified atom stereocenters. The monoisotopic (exact) mass is 456 g/mol. The smallest absolute Gasteiger partial charge is 0.233 e. The van der Waals surface area contributed by atoms with Crippen LogP contribution in [0.3, 0.4) is 0 Å². The minimum Gasteiger partial charge on any atom is -0.454 e. The molecule has 0 fully saturated rings. The Bertz CT molecular complexity index is 1050. The van der Waals surface area contributed by atoms with Crippen LogP contribution in [-0.4, -0.2) is 28.1 Å². The van der Waals surface area contributed by atoms with Gasteiger partial charge < -0.3 is 20.1 Å². The number of thioether (sulfide) groups is 1. The second-order valence-electron chi connectivity index (χ2n) is 7.44. The maximum Gasteiger partial charge on any atom is 0.233 e. The third-order valence-electron chi connectivity index (χ3n) is 4.79. The number of rotatable bonds is 8. The van der Waals surface area contributed by atoms with Crippen molar-refractivity contribution in [2.24, 2.45) is 0 Å². The molecule has 3 aromatic rings. The maximum atomic E-state index is 12.5. The van der Waals surface area contributed by atoms with Crippen molar-refractivity contribution in [2.45, 2.75) is 42.8 Å². The number of fused-ring (bicyclic) bond motifs is 1. The van der Waals surface area contributed by atoms with E-state index in [0.717, 1.165) is 21.3 Å². The Morgan fingerprint density at radius 1 is 1.10 bits per heavy atom. The van der Waals surface area contributed by atoms with E-state index >= 15 is 0 Å². The third kappa shape index (κ3) is 5.48. The Balaban J connectivity index is 1.27. The van der Waals surface area contributed by atoms with Crippen molar-refractivity contribution >= 4 is 39.8 Å². The molecule has 0 aliphatic carbocycles. The molecule has 0 spiro atoms. The highest BCUT2D eigenvalue weighted by atomic mass is 32.2. The van der Waals surface area contributed by atoms with E-state index in [4.69, 9.17) is 9.47 Å². The molecule has 9 heteroatoms. The topological polar surface area (TPSA) is 85.4 Å². The first-order chi connectivity index (χ1) is 15.0. The zero-order valence-electron chi connectivity index (χ0n) is 17.5. The molecule has 2 heterocycles. The van der Waals surface area contributed by atoms with E-state index in [1.807, 2.05) is 37.3 Å². The lowest BCUT2D eigenvalue weighted by atomic mass is 10.0. The SMILES string of the molecule is CC(Sc1nnc(Nc2ccc(C(C)C)cc2)s1)C(=O)NCc1ccc2c(c1)OCO2. The van der Waals surface area contributed by atoms with Crippen LogP contribution in [0.2, 0.25) is 0 Å². The van der Waals surface area contributed by atoms with E-state index in [-0.39, 0.29) is 18.0 Å². The number of hydrogen-bond donors (Lipinski definition) is 2. The molecule has 4 rings (SSSR count). The number of anilines is 2. The van der Waals surface area contributed by atoms with Crippen LogP contribution in [0, 0.1) is 0 Å². The number of benzene rings is 2. The van der Waals surface area contributed by atoms with Crippen LogP contribution >= 0.6 is 23.1 Å². The number of ether oxygens (including phenoxy) is 2. The van der Waals surface area contributed by atoms with Crippen molar-refractivity contribution in [3.05, 3.63) is 53.6 Å². The number of carbonyl (C=O) groups excluding carboxylic acids is 1. The van der Waals surface area contributed by atoms with Gasteiger partial charge in [-0.25, -0.2) is 0 Å². The molecular weight excluding hydrogens is 432 g/mol. The molecule has 0 saturated carbocycles. The molecular formula is C22H24N4O3S2. The van der Waals surface area contributed by atoms with E-state index < -0.39 is 0 Å². The predicted octanol–water partition coefficient (Wildman–Crippen LogP) is 4.93. The molecule has 0 radical (unpaired) electrons. The molecule has 162 valence electrons. The largest absolute Gasteiger partial charge is 0.454 e. The molecule has 2 aromatic carbocycles. The van der Waals surface area contributed by atoms with Crippen molar-refractivity contribution in [1.29, 1.82) is 0 Å². The second kappa shape index (κ2) is 9.57. The van der Waals surface area contributed by atoms with Crippen LogP contribution in [0.5, 0.6) is 11.5 Å². The first-order valence-corrected chi connectivity index (χ1v) is 11.7. The summed E-state index contributed by atoms with van der Waals surface area (Å²) < 4.78 is 11.4. The lowest BCUT2D eigenvalue weighted by Gasteiger charge is -2.10. The van der Waals surface area contributed by atoms with Crippen LogP contribution in [0.25, 0.3) is 0 Å². The highest BCUT2D eigenvalue weighted by molar-refractivity contribution is 8.02. The van der Waals surface area contributed by atoms with Crippen LogP contribution in [0.15, 0.2) is 46.8 Å². The first-order valence-electron chi connectivity index (χ1n) is 10.0. The van der Waals surface area contributed by atoms with Crippen molar-refractivity contribution in [1.82, 2.24) is 15.5 Å². The standard InChI is InChI=1S/C22H24N4O3S2/c1-13(2)16-5-7-17(8-6-16)24-21-25-26-22(31-21)30-14(3)20(27)23-11-15-4-9-18-19(10-15)29-12-28-18/h4-10,13-14H,11-12H2,1-3H3,(H,23,27)(H,24,25). The Morgan fingerprint density at radius 2 is 1.87 bits per heavy atom. The van der Waals surface area contributed by atoms with E-state index in [9.17, 15) is 4.79 Å². The van der Waals surface area contributed by atoms with Gasteiger partial charge >= 0.3 is 0 Å². The summed E-state index contributed by atoms with van der Waals surface area (Å²) in [6.07, 6.45) is 0. The summed E-state index contributed by atoms with van der Waals surface area (Å²) in [5, 5.41) is 15.0. The zero-order valence-corrected chi connectivity index (χ0v) is 19.2.